The van der Waals surface area contributed by atoms with Crippen LogP contribution in [-0.2, 0) is 6.54 Å². The Balaban J connectivity index is 1.79. The van der Waals surface area contributed by atoms with E-state index < -0.39 is 0 Å². The third-order valence-electron chi connectivity index (χ3n) is 3.70. The lowest BCUT2D eigenvalue weighted by Crippen LogP contribution is -2.33. The molecule has 3 nitrogen and oxygen atoms in total. The Kier molecular flexibility index (Phi) is 4.22. The van der Waals surface area contributed by atoms with Crippen LogP contribution in [-0.4, -0.2) is 6.04 Å². The highest BCUT2D eigenvalue weighted by Gasteiger charge is 2.20. The lowest BCUT2D eigenvalue weighted by atomic mass is 9.84. The van der Waals surface area contributed by atoms with Crippen molar-refractivity contribution in [3.63, 3.8) is 0 Å². The Hall–Kier alpha value is -1.27. The molecule has 2 atom stereocenters. The van der Waals surface area contributed by atoms with Gasteiger partial charge in [0.25, 0.3) is 0 Å². The van der Waals surface area contributed by atoms with Gasteiger partial charge in [-0.1, -0.05) is 26.2 Å². The molecule has 17 heavy (non-hydrogen) atoms. The fraction of sp³-hybridized carbons (Fsp3) is 0.643. The molecule has 2 unspecified atom stereocenters. The lowest BCUT2D eigenvalue weighted by molar-refractivity contribution is 0.273. The van der Waals surface area contributed by atoms with Gasteiger partial charge >= 0.3 is 0 Å². The van der Waals surface area contributed by atoms with Crippen molar-refractivity contribution in [3.05, 3.63) is 23.7 Å². The summed E-state index contributed by atoms with van der Waals surface area (Å²) in [5.41, 5.74) is 0. The Morgan fingerprint density at radius 2 is 2.35 bits per heavy atom. The summed E-state index contributed by atoms with van der Waals surface area (Å²) in [6.45, 7) is 3.02. The van der Waals surface area contributed by atoms with Gasteiger partial charge in [0.15, 0.2) is 0 Å². The molecule has 1 aliphatic carbocycles. The minimum atomic E-state index is 0.400. The van der Waals surface area contributed by atoms with Crippen LogP contribution in [0.5, 0.6) is 0 Å². The van der Waals surface area contributed by atoms with E-state index in [-0.39, 0.29) is 0 Å². The maximum Gasteiger partial charge on any atom is 0.203 e. The lowest BCUT2D eigenvalue weighted by Gasteiger charge is -2.28. The van der Waals surface area contributed by atoms with Crippen LogP contribution in [0.15, 0.2) is 16.5 Å². The summed E-state index contributed by atoms with van der Waals surface area (Å²) in [5.74, 6) is 2.14. The average molecular weight is 232 g/mol. The first kappa shape index (κ1) is 12.2. The SMILES string of the molecule is CCC1CCCC(NCc2ccc(C#N)o2)C1. The van der Waals surface area contributed by atoms with Gasteiger partial charge in [0.1, 0.15) is 11.8 Å². The van der Waals surface area contributed by atoms with Crippen molar-refractivity contribution in [2.75, 3.05) is 0 Å². The molecule has 92 valence electrons. The monoisotopic (exact) mass is 232 g/mol. The van der Waals surface area contributed by atoms with Crippen molar-refractivity contribution in [1.29, 1.82) is 5.26 Å². The van der Waals surface area contributed by atoms with Gasteiger partial charge in [-0.3, -0.25) is 0 Å². The van der Waals surface area contributed by atoms with Crippen molar-refractivity contribution in [3.8, 4) is 6.07 Å². The number of furan rings is 1. The summed E-state index contributed by atoms with van der Waals surface area (Å²) in [6, 6.07) is 6.23. The molecule has 3 heteroatoms. The van der Waals surface area contributed by atoms with E-state index in [0.717, 1.165) is 18.2 Å². The molecule has 0 aliphatic heterocycles. The van der Waals surface area contributed by atoms with Gasteiger partial charge in [-0.2, -0.15) is 5.26 Å². The van der Waals surface area contributed by atoms with Crippen LogP contribution in [0.25, 0.3) is 0 Å². The van der Waals surface area contributed by atoms with E-state index >= 15 is 0 Å². The van der Waals surface area contributed by atoms with E-state index in [0.29, 0.717) is 11.8 Å². The number of nitriles is 1. The summed E-state index contributed by atoms with van der Waals surface area (Å²) in [6.07, 6.45) is 6.55. The minimum Gasteiger partial charge on any atom is -0.449 e. The molecular formula is C14H20N2O. The average Bonchev–Trinajstić information content (AvgIpc) is 2.84. The maximum absolute atomic E-state index is 8.67. The molecule has 1 aromatic rings. The van der Waals surface area contributed by atoms with Crippen LogP contribution in [0.4, 0.5) is 0 Å². The predicted molar refractivity (Wildman–Crippen MR) is 66.3 cm³/mol. The van der Waals surface area contributed by atoms with Crippen molar-refractivity contribution in [1.82, 2.24) is 5.32 Å². The molecule has 0 spiro atoms. The number of nitrogens with zero attached hydrogens (tertiary/aromatic N) is 1. The molecule has 0 radical (unpaired) electrons. The van der Waals surface area contributed by atoms with Gasteiger partial charge in [-0.15, -0.1) is 0 Å². The number of hydrogen-bond donors (Lipinski definition) is 1. The fourth-order valence-corrected chi connectivity index (χ4v) is 2.63. The smallest absolute Gasteiger partial charge is 0.203 e. The molecule has 1 heterocycles. The van der Waals surface area contributed by atoms with E-state index in [1.807, 2.05) is 12.1 Å². The normalized spacial score (nSPS) is 24.5. The summed E-state index contributed by atoms with van der Waals surface area (Å²) < 4.78 is 5.35. The molecular weight excluding hydrogens is 212 g/mol. The molecule has 0 bridgehead atoms. The van der Waals surface area contributed by atoms with E-state index in [1.165, 1.54) is 32.1 Å². The second-order valence-electron chi connectivity index (χ2n) is 4.90. The highest BCUT2D eigenvalue weighted by atomic mass is 16.3. The first-order valence-corrected chi connectivity index (χ1v) is 6.54. The second-order valence-corrected chi connectivity index (χ2v) is 4.90. The molecule has 2 rings (SSSR count). The summed E-state index contributed by atoms with van der Waals surface area (Å²) in [4.78, 5) is 0. The van der Waals surface area contributed by atoms with Crippen molar-refractivity contribution >= 4 is 0 Å². The zero-order valence-electron chi connectivity index (χ0n) is 10.4. The number of nitrogens with one attached hydrogen (secondary N) is 1. The molecule has 0 amide bonds. The van der Waals surface area contributed by atoms with E-state index in [9.17, 15) is 0 Å². The van der Waals surface area contributed by atoms with Crippen LogP contribution >= 0.6 is 0 Å². The summed E-state index contributed by atoms with van der Waals surface area (Å²) in [5, 5.41) is 12.2. The first-order chi connectivity index (χ1) is 8.31. The molecule has 1 aromatic heterocycles. The third-order valence-corrected chi connectivity index (χ3v) is 3.70. The van der Waals surface area contributed by atoms with Gasteiger partial charge in [0.05, 0.1) is 6.54 Å². The molecule has 1 aliphatic rings. The Morgan fingerprint density at radius 3 is 3.06 bits per heavy atom. The Bertz CT molecular complexity index is 391. The molecule has 1 N–H and O–H groups in total. The molecule has 1 fully saturated rings. The standard InChI is InChI=1S/C14H20N2O/c1-2-11-4-3-5-12(8-11)16-10-14-7-6-13(9-15)17-14/h6-7,11-12,16H,2-5,8,10H2,1H3. The van der Waals surface area contributed by atoms with Crippen LogP contribution in [0, 0.1) is 17.2 Å². The first-order valence-electron chi connectivity index (χ1n) is 6.54. The largest absolute Gasteiger partial charge is 0.449 e. The Morgan fingerprint density at radius 1 is 1.47 bits per heavy atom. The number of hydrogen-bond acceptors (Lipinski definition) is 3. The molecule has 1 saturated carbocycles. The van der Waals surface area contributed by atoms with Crippen molar-refractivity contribution < 1.29 is 4.42 Å². The van der Waals surface area contributed by atoms with E-state index in [1.54, 1.807) is 6.07 Å². The highest BCUT2D eigenvalue weighted by molar-refractivity contribution is 5.18. The van der Waals surface area contributed by atoms with Gasteiger partial charge in [-0.25, -0.2) is 0 Å². The number of rotatable bonds is 4. The predicted octanol–water partition coefficient (Wildman–Crippen LogP) is 3.21. The highest BCUT2D eigenvalue weighted by Crippen LogP contribution is 2.26. The minimum absolute atomic E-state index is 0.400. The molecule has 0 saturated heterocycles. The van der Waals surface area contributed by atoms with Crippen LogP contribution < -0.4 is 5.32 Å². The molecule has 0 aromatic carbocycles. The van der Waals surface area contributed by atoms with Gasteiger partial charge < -0.3 is 9.73 Å². The topological polar surface area (TPSA) is 49.0 Å². The zero-order chi connectivity index (χ0) is 12.1. The van der Waals surface area contributed by atoms with Crippen LogP contribution in [0.3, 0.4) is 0 Å². The van der Waals surface area contributed by atoms with Crippen molar-refractivity contribution in [2.45, 2.75) is 51.6 Å². The quantitative estimate of drug-likeness (QED) is 0.867. The van der Waals surface area contributed by atoms with E-state index in [2.05, 4.69) is 12.2 Å². The van der Waals surface area contributed by atoms with Crippen LogP contribution in [0.1, 0.15) is 50.5 Å². The summed E-state index contributed by atoms with van der Waals surface area (Å²) in [7, 11) is 0. The summed E-state index contributed by atoms with van der Waals surface area (Å²) >= 11 is 0. The maximum atomic E-state index is 8.67. The van der Waals surface area contributed by atoms with Crippen molar-refractivity contribution in [2.24, 2.45) is 5.92 Å². The third kappa shape index (κ3) is 3.34. The fourth-order valence-electron chi connectivity index (χ4n) is 2.63. The van der Waals surface area contributed by atoms with E-state index in [4.69, 9.17) is 9.68 Å². The Labute approximate surface area is 103 Å². The van der Waals surface area contributed by atoms with Gasteiger partial charge in [0, 0.05) is 6.04 Å². The van der Waals surface area contributed by atoms with Gasteiger partial charge in [-0.05, 0) is 30.9 Å². The van der Waals surface area contributed by atoms with Gasteiger partial charge in [0.2, 0.25) is 5.76 Å². The second kappa shape index (κ2) is 5.88. The van der Waals surface area contributed by atoms with Crippen LogP contribution in [0.2, 0.25) is 0 Å². The zero-order valence-corrected chi connectivity index (χ0v) is 10.4.